The van der Waals surface area contributed by atoms with Gasteiger partial charge in [-0.1, -0.05) is 54.4 Å². The highest BCUT2D eigenvalue weighted by molar-refractivity contribution is 5.79. The van der Waals surface area contributed by atoms with Gasteiger partial charge < -0.3 is 0 Å². The van der Waals surface area contributed by atoms with Gasteiger partial charge >= 0.3 is 0 Å². The summed E-state index contributed by atoms with van der Waals surface area (Å²) in [7, 11) is 0. The predicted octanol–water partition coefficient (Wildman–Crippen LogP) is 4.83. The van der Waals surface area contributed by atoms with E-state index in [0.29, 0.717) is 5.92 Å². The van der Waals surface area contributed by atoms with Crippen molar-refractivity contribution in [2.24, 2.45) is 0 Å². The van der Waals surface area contributed by atoms with E-state index in [1.54, 1.807) is 0 Å². The van der Waals surface area contributed by atoms with Gasteiger partial charge in [0.05, 0.1) is 0 Å². The topological polar surface area (TPSA) is 0 Å². The van der Waals surface area contributed by atoms with Crippen molar-refractivity contribution in [1.29, 1.82) is 0 Å². The van der Waals surface area contributed by atoms with Crippen LogP contribution in [0, 0.1) is 13.8 Å². The van der Waals surface area contributed by atoms with E-state index in [9.17, 15) is 0 Å². The zero-order valence-corrected chi connectivity index (χ0v) is 10.7. The third-order valence-electron chi connectivity index (χ3n) is 3.86. The van der Waals surface area contributed by atoms with Gasteiger partial charge in [0.2, 0.25) is 0 Å². The van der Waals surface area contributed by atoms with E-state index in [2.05, 4.69) is 57.2 Å². The summed E-state index contributed by atoms with van der Waals surface area (Å²) in [5.41, 5.74) is 8.66. The molecule has 0 aliphatic heterocycles. The van der Waals surface area contributed by atoms with Crippen LogP contribution >= 0.6 is 0 Å². The summed E-state index contributed by atoms with van der Waals surface area (Å²) < 4.78 is 0. The molecule has 0 radical (unpaired) electrons. The first kappa shape index (κ1) is 10.6. The third kappa shape index (κ3) is 1.51. The summed E-state index contributed by atoms with van der Waals surface area (Å²) in [5, 5.41) is 0. The molecule has 0 amide bonds. The highest BCUT2D eigenvalue weighted by atomic mass is 14.3. The van der Waals surface area contributed by atoms with Gasteiger partial charge in [-0.2, -0.15) is 0 Å². The van der Waals surface area contributed by atoms with Crippen molar-refractivity contribution in [3.05, 3.63) is 58.7 Å². The first-order chi connectivity index (χ1) is 8.20. The molecule has 0 N–H and O–H groups in total. The molecule has 0 nitrogen and oxygen atoms in total. The molecule has 0 atom stereocenters. The monoisotopic (exact) mass is 222 g/mol. The Morgan fingerprint density at radius 1 is 0.824 bits per heavy atom. The van der Waals surface area contributed by atoms with Gasteiger partial charge in [-0.05, 0) is 42.5 Å². The molecule has 0 bridgehead atoms. The Hall–Kier alpha value is -1.56. The summed E-state index contributed by atoms with van der Waals surface area (Å²) in [4.78, 5) is 0. The Morgan fingerprint density at radius 2 is 1.29 bits per heavy atom. The fourth-order valence-corrected chi connectivity index (χ4v) is 3.04. The number of benzene rings is 2. The van der Waals surface area contributed by atoms with Crippen LogP contribution in [0.2, 0.25) is 0 Å². The quantitative estimate of drug-likeness (QED) is 0.648. The van der Waals surface area contributed by atoms with Crippen LogP contribution in [0.5, 0.6) is 0 Å². The van der Waals surface area contributed by atoms with Crippen molar-refractivity contribution in [2.45, 2.75) is 33.1 Å². The molecule has 0 saturated heterocycles. The number of fused-ring (bicyclic) bond motifs is 3. The molecule has 2 aromatic rings. The van der Waals surface area contributed by atoms with E-state index in [0.717, 1.165) is 0 Å². The van der Waals surface area contributed by atoms with Gasteiger partial charge in [-0.3, -0.25) is 0 Å². The van der Waals surface area contributed by atoms with Crippen LogP contribution in [-0.4, -0.2) is 0 Å². The van der Waals surface area contributed by atoms with Crippen LogP contribution in [0.25, 0.3) is 11.1 Å². The lowest BCUT2D eigenvalue weighted by Gasteiger charge is -2.11. The Morgan fingerprint density at radius 3 is 1.71 bits per heavy atom. The Labute approximate surface area is 103 Å². The first-order valence-electron chi connectivity index (χ1n) is 6.42. The molecule has 1 aliphatic carbocycles. The van der Waals surface area contributed by atoms with Gasteiger partial charge in [0, 0.05) is 5.92 Å². The summed E-state index contributed by atoms with van der Waals surface area (Å²) in [6.45, 7) is 6.65. The number of aryl methyl sites for hydroxylation is 2. The summed E-state index contributed by atoms with van der Waals surface area (Å²) >= 11 is 0. The molecule has 3 rings (SSSR count). The van der Waals surface area contributed by atoms with Crippen molar-refractivity contribution < 1.29 is 0 Å². The average Bonchev–Trinajstić information content (AvgIpc) is 2.60. The molecule has 0 unspecified atom stereocenters. The summed E-state index contributed by atoms with van der Waals surface area (Å²) in [6, 6.07) is 13.7. The largest absolute Gasteiger partial charge is 0.0645 e. The zero-order valence-electron chi connectivity index (χ0n) is 10.7. The van der Waals surface area contributed by atoms with E-state index in [4.69, 9.17) is 0 Å². The lowest BCUT2D eigenvalue weighted by molar-refractivity contribution is 0.795. The smallest absolute Gasteiger partial charge is 0.00992 e. The van der Waals surface area contributed by atoms with Crippen LogP contribution in [0.15, 0.2) is 36.4 Å². The van der Waals surface area contributed by atoms with Crippen molar-refractivity contribution >= 4 is 0 Å². The molecular weight excluding hydrogens is 204 g/mol. The Bertz CT molecular complexity index is 527. The zero-order chi connectivity index (χ0) is 12.0. The molecule has 0 spiro atoms. The van der Waals surface area contributed by atoms with Gasteiger partial charge in [-0.15, -0.1) is 0 Å². The number of rotatable bonds is 1. The van der Waals surface area contributed by atoms with E-state index in [1.165, 1.54) is 39.8 Å². The van der Waals surface area contributed by atoms with Crippen LogP contribution in [0.4, 0.5) is 0 Å². The maximum absolute atomic E-state index is 2.36. The van der Waals surface area contributed by atoms with E-state index in [-0.39, 0.29) is 0 Å². The van der Waals surface area contributed by atoms with E-state index < -0.39 is 0 Å². The minimum absolute atomic E-state index is 0.597. The molecule has 2 aromatic carbocycles. The maximum Gasteiger partial charge on any atom is 0.00992 e. The molecule has 0 aromatic heterocycles. The second-order valence-corrected chi connectivity index (χ2v) is 5.14. The van der Waals surface area contributed by atoms with Crippen LogP contribution in [0.3, 0.4) is 0 Å². The van der Waals surface area contributed by atoms with Crippen LogP contribution in [0.1, 0.15) is 41.5 Å². The Balaban J connectivity index is 2.28. The normalized spacial score (nSPS) is 13.6. The molecule has 17 heavy (non-hydrogen) atoms. The SMILES string of the molecule is CCC1c2cc(C)ccc2-c2ccc(C)cc21. The lowest BCUT2D eigenvalue weighted by Crippen LogP contribution is -1.94. The van der Waals surface area contributed by atoms with Crippen LogP contribution < -0.4 is 0 Å². The molecule has 0 saturated carbocycles. The number of hydrogen-bond donors (Lipinski definition) is 0. The minimum Gasteiger partial charge on any atom is -0.0645 e. The fourth-order valence-electron chi connectivity index (χ4n) is 3.04. The molecule has 1 aliphatic rings. The van der Waals surface area contributed by atoms with Crippen molar-refractivity contribution in [1.82, 2.24) is 0 Å². The van der Waals surface area contributed by atoms with Crippen molar-refractivity contribution in [3.8, 4) is 11.1 Å². The van der Waals surface area contributed by atoms with Gasteiger partial charge in [0.15, 0.2) is 0 Å². The first-order valence-corrected chi connectivity index (χ1v) is 6.42. The Kier molecular flexibility index (Phi) is 2.32. The molecular formula is C17H18. The second kappa shape index (κ2) is 3.73. The molecule has 0 heterocycles. The predicted molar refractivity (Wildman–Crippen MR) is 73.5 cm³/mol. The summed E-state index contributed by atoms with van der Waals surface area (Å²) in [6.07, 6.45) is 1.19. The van der Waals surface area contributed by atoms with E-state index >= 15 is 0 Å². The van der Waals surface area contributed by atoms with Crippen molar-refractivity contribution in [3.63, 3.8) is 0 Å². The highest BCUT2D eigenvalue weighted by Gasteiger charge is 2.26. The lowest BCUT2D eigenvalue weighted by atomic mass is 9.93. The standard InChI is InChI=1S/C17H18/c1-4-13-16-9-11(2)5-7-14(16)15-8-6-12(3)10-17(13)15/h5-10,13H,4H2,1-3H3. The third-order valence-corrected chi connectivity index (χ3v) is 3.86. The minimum atomic E-state index is 0.597. The van der Waals surface area contributed by atoms with E-state index in [1.807, 2.05) is 0 Å². The average molecular weight is 222 g/mol. The highest BCUT2D eigenvalue weighted by Crippen LogP contribution is 2.46. The number of hydrogen-bond acceptors (Lipinski definition) is 0. The molecule has 0 heteroatoms. The fraction of sp³-hybridized carbons (Fsp3) is 0.294. The molecule has 86 valence electrons. The van der Waals surface area contributed by atoms with Crippen LogP contribution in [-0.2, 0) is 0 Å². The molecule has 0 fully saturated rings. The van der Waals surface area contributed by atoms with Gasteiger partial charge in [-0.25, -0.2) is 0 Å². The van der Waals surface area contributed by atoms with Gasteiger partial charge in [0.1, 0.15) is 0 Å². The summed E-state index contributed by atoms with van der Waals surface area (Å²) in [5.74, 6) is 0.597. The maximum atomic E-state index is 2.36. The second-order valence-electron chi connectivity index (χ2n) is 5.14. The van der Waals surface area contributed by atoms with Crippen molar-refractivity contribution in [2.75, 3.05) is 0 Å². The van der Waals surface area contributed by atoms with Gasteiger partial charge in [0.25, 0.3) is 0 Å².